The second-order valence-electron chi connectivity index (χ2n) is 4.56. The molecule has 0 amide bonds. The summed E-state index contributed by atoms with van der Waals surface area (Å²) < 4.78 is 5.58. The minimum absolute atomic E-state index is 0.189. The van der Waals surface area contributed by atoms with Crippen LogP contribution in [0, 0.1) is 0 Å². The van der Waals surface area contributed by atoms with Crippen LogP contribution in [-0.4, -0.2) is 42.5 Å². The highest BCUT2D eigenvalue weighted by Gasteiger charge is 2.05. The smallest absolute Gasteiger partial charge is 0.303 e. The Morgan fingerprint density at radius 1 is 1.10 bits per heavy atom. The fourth-order valence-electron chi connectivity index (χ4n) is 1.90. The van der Waals surface area contributed by atoms with E-state index in [-0.39, 0.29) is 6.42 Å². The Balaban J connectivity index is 2.40. The maximum absolute atomic E-state index is 10.4. The highest BCUT2D eigenvalue weighted by molar-refractivity contribution is 6.18. The van der Waals surface area contributed by atoms with E-state index in [1.807, 2.05) is 24.3 Å². The maximum atomic E-state index is 10.4. The molecule has 0 saturated heterocycles. The Labute approximate surface area is 135 Å². The molecular weight excluding hydrogens is 313 g/mol. The van der Waals surface area contributed by atoms with Gasteiger partial charge in [-0.2, -0.15) is 0 Å². The van der Waals surface area contributed by atoms with Gasteiger partial charge in [-0.1, -0.05) is 0 Å². The van der Waals surface area contributed by atoms with Crippen LogP contribution in [0.5, 0.6) is 5.75 Å². The van der Waals surface area contributed by atoms with Gasteiger partial charge in [-0.3, -0.25) is 4.79 Å². The van der Waals surface area contributed by atoms with E-state index in [0.717, 1.165) is 30.9 Å². The van der Waals surface area contributed by atoms with Gasteiger partial charge in [0, 0.05) is 37.0 Å². The van der Waals surface area contributed by atoms with Gasteiger partial charge in [0.15, 0.2) is 0 Å². The number of carboxylic acids is 1. The molecule has 0 radical (unpaired) electrons. The first kappa shape index (κ1) is 17.9. The van der Waals surface area contributed by atoms with Crippen LogP contribution in [-0.2, 0) is 4.79 Å². The molecular formula is C15H21Cl2NO3. The number of aliphatic carboxylic acids is 1. The Morgan fingerprint density at radius 2 is 1.71 bits per heavy atom. The van der Waals surface area contributed by atoms with Gasteiger partial charge in [-0.15, -0.1) is 23.2 Å². The number of carboxylic acid groups (broad SMARTS) is 1. The molecule has 6 heteroatoms. The van der Waals surface area contributed by atoms with Crippen LogP contribution in [0.25, 0.3) is 0 Å². The molecule has 21 heavy (non-hydrogen) atoms. The average molecular weight is 334 g/mol. The first-order chi connectivity index (χ1) is 10.2. The summed E-state index contributed by atoms with van der Waals surface area (Å²) in [6.07, 6.45) is 1.55. The van der Waals surface area contributed by atoms with Gasteiger partial charge in [0.05, 0.1) is 6.61 Å². The van der Waals surface area contributed by atoms with Gasteiger partial charge < -0.3 is 14.7 Å². The number of halogens is 2. The molecule has 1 rings (SSSR count). The second-order valence-corrected chi connectivity index (χ2v) is 5.31. The van der Waals surface area contributed by atoms with Crippen molar-refractivity contribution < 1.29 is 14.6 Å². The molecule has 118 valence electrons. The molecule has 4 nitrogen and oxygen atoms in total. The van der Waals surface area contributed by atoms with Crippen molar-refractivity contribution in [2.75, 3.05) is 36.4 Å². The predicted molar refractivity (Wildman–Crippen MR) is 87.1 cm³/mol. The lowest BCUT2D eigenvalue weighted by atomic mass is 10.2. The maximum Gasteiger partial charge on any atom is 0.303 e. The number of alkyl halides is 2. The van der Waals surface area contributed by atoms with Gasteiger partial charge in [0.25, 0.3) is 0 Å². The number of hydrogen-bond acceptors (Lipinski definition) is 3. The lowest BCUT2D eigenvalue weighted by molar-refractivity contribution is -0.137. The molecule has 0 bridgehead atoms. The summed E-state index contributed by atoms with van der Waals surface area (Å²) in [6.45, 7) is 2.03. The van der Waals surface area contributed by atoms with Crippen molar-refractivity contribution in [3.05, 3.63) is 24.3 Å². The number of hydrogen-bond donors (Lipinski definition) is 1. The molecule has 0 heterocycles. The van der Waals surface area contributed by atoms with Gasteiger partial charge >= 0.3 is 5.97 Å². The van der Waals surface area contributed by atoms with Crippen molar-refractivity contribution in [1.82, 2.24) is 0 Å². The molecule has 0 saturated carbocycles. The minimum Gasteiger partial charge on any atom is -0.494 e. The summed E-state index contributed by atoms with van der Waals surface area (Å²) in [4.78, 5) is 12.5. The van der Waals surface area contributed by atoms with E-state index in [1.54, 1.807) is 0 Å². The van der Waals surface area contributed by atoms with Crippen LogP contribution < -0.4 is 9.64 Å². The fraction of sp³-hybridized carbons (Fsp3) is 0.533. The number of rotatable bonds is 11. The summed E-state index contributed by atoms with van der Waals surface area (Å²) in [6, 6.07) is 7.77. The summed E-state index contributed by atoms with van der Waals surface area (Å²) in [5.41, 5.74) is 1.06. The SMILES string of the molecule is O=C(O)CCCCOc1ccc(N(CCCl)CCCl)cc1. The van der Waals surface area contributed by atoms with Crippen molar-refractivity contribution in [3.63, 3.8) is 0 Å². The number of nitrogens with zero attached hydrogens (tertiary/aromatic N) is 1. The Morgan fingerprint density at radius 3 is 2.24 bits per heavy atom. The quantitative estimate of drug-likeness (QED) is 0.496. The number of ether oxygens (including phenoxy) is 1. The summed E-state index contributed by atoms with van der Waals surface area (Å²) >= 11 is 11.6. The van der Waals surface area contributed by atoms with Gasteiger partial charge in [0.2, 0.25) is 0 Å². The van der Waals surface area contributed by atoms with Crippen LogP contribution in [0.3, 0.4) is 0 Å². The first-order valence-electron chi connectivity index (χ1n) is 6.99. The highest BCUT2D eigenvalue weighted by atomic mass is 35.5. The van der Waals surface area contributed by atoms with Crippen molar-refractivity contribution in [3.8, 4) is 5.75 Å². The number of benzene rings is 1. The van der Waals surface area contributed by atoms with Crippen LogP contribution in [0.15, 0.2) is 24.3 Å². The van der Waals surface area contributed by atoms with E-state index in [2.05, 4.69) is 4.90 Å². The fourth-order valence-corrected chi connectivity index (χ4v) is 2.30. The Hall–Kier alpha value is -1.13. The zero-order valence-corrected chi connectivity index (χ0v) is 13.4. The standard InChI is InChI=1S/C15H21Cl2NO3/c16-8-10-18(11-9-17)13-4-6-14(7-5-13)21-12-2-1-3-15(19)20/h4-7H,1-3,8-12H2,(H,19,20). The van der Waals surface area contributed by atoms with Crippen LogP contribution in [0.4, 0.5) is 5.69 Å². The van der Waals surface area contributed by atoms with E-state index < -0.39 is 5.97 Å². The van der Waals surface area contributed by atoms with Crippen molar-refractivity contribution in [2.24, 2.45) is 0 Å². The topological polar surface area (TPSA) is 49.8 Å². The van der Waals surface area contributed by atoms with Crippen molar-refractivity contribution in [1.29, 1.82) is 0 Å². The molecule has 0 aliphatic carbocycles. The largest absolute Gasteiger partial charge is 0.494 e. The monoisotopic (exact) mass is 333 g/mol. The number of unbranched alkanes of at least 4 members (excludes halogenated alkanes) is 1. The van der Waals surface area contributed by atoms with Crippen LogP contribution in [0.1, 0.15) is 19.3 Å². The summed E-state index contributed by atoms with van der Waals surface area (Å²) in [7, 11) is 0. The van der Waals surface area contributed by atoms with Crippen molar-refractivity contribution in [2.45, 2.75) is 19.3 Å². The Kier molecular flexibility index (Phi) is 9.02. The molecule has 0 aliphatic heterocycles. The lowest BCUT2D eigenvalue weighted by Gasteiger charge is -2.23. The normalized spacial score (nSPS) is 10.4. The zero-order valence-electron chi connectivity index (χ0n) is 11.9. The van der Waals surface area contributed by atoms with E-state index in [1.165, 1.54) is 0 Å². The Bertz CT molecular complexity index is 406. The minimum atomic E-state index is -0.766. The third kappa shape index (κ3) is 7.44. The van der Waals surface area contributed by atoms with E-state index >= 15 is 0 Å². The lowest BCUT2D eigenvalue weighted by Crippen LogP contribution is -2.27. The second kappa shape index (κ2) is 10.6. The zero-order chi connectivity index (χ0) is 15.5. The molecule has 0 spiro atoms. The van der Waals surface area contributed by atoms with E-state index in [0.29, 0.717) is 24.8 Å². The van der Waals surface area contributed by atoms with E-state index in [4.69, 9.17) is 33.0 Å². The van der Waals surface area contributed by atoms with E-state index in [9.17, 15) is 4.79 Å². The molecule has 1 aromatic rings. The molecule has 1 N–H and O–H groups in total. The number of anilines is 1. The first-order valence-corrected chi connectivity index (χ1v) is 8.06. The molecule has 0 atom stereocenters. The number of carbonyl (C=O) groups is 1. The molecule has 0 unspecified atom stereocenters. The summed E-state index contributed by atoms with van der Waals surface area (Å²) in [5, 5.41) is 8.54. The van der Waals surface area contributed by atoms with Crippen LogP contribution in [0.2, 0.25) is 0 Å². The molecule has 0 aromatic heterocycles. The molecule has 1 aromatic carbocycles. The predicted octanol–water partition coefficient (Wildman–Crippen LogP) is 3.60. The average Bonchev–Trinajstić information content (AvgIpc) is 2.47. The van der Waals surface area contributed by atoms with Gasteiger partial charge in [-0.25, -0.2) is 0 Å². The summed E-state index contributed by atoms with van der Waals surface area (Å²) in [5.74, 6) is 1.13. The van der Waals surface area contributed by atoms with Gasteiger partial charge in [0.1, 0.15) is 5.75 Å². The molecule has 0 fully saturated rings. The van der Waals surface area contributed by atoms with Crippen LogP contribution >= 0.6 is 23.2 Å². The highest BCUT2D eigenvalue weighted by Crippen LogP contribution is 2.20. The van der Waals surface area contributed by atoms with Crippen molar-refractivity contribution >= 4 is 34.9 Å². The van der Waals surface area contributed by atoms with Gasteiger partial charge in [-0.05, 0) is 37.1 Å². The third-order valence-corrected chi connectivity index (χ3v) is 3.30. The third-order valence-electron chi connectivity index (χ3n) is 2.96. The molecule has 0 aliphatic rings.